The zero-order valence-corrected chi connectivity index (χ0v) is 12.9. The molecule has 1 aromatic heterocycles. The van der Waals surface area contributed by atoms with E-state index in [0.29, 0.717) is 33.0 Å². The van der Waals surface area contributed by atoms with Gasteiger partial charge in [0.15, 0.2) is 6.29 Å². The van der Waals surface area contributed by atoms with Crippen molar-refractivity contribution in [1.82, 2.24) is 4.98 Å². The summed E-state index contributed by atoms with van der Waals surface area (Å²) >= 11 is 1.26. The van der Waals surface area contributed by atoms with Gasteiger partial charge in [-0.05, 0) is 29.8 Å². The van der Waals surface area contributed by atoms with Crippen molar-refractivity contribution >= 4 is 17.6 Å². The Labute approximate surface area is 135 Å². The van der Waals surface area contributed by atoms with Gasteiger partial charge in [-0.25, -0.2) is 13.8 Å². The minimum absolute atomic E-state index is 0.253. The third kappa shape index (κ3) is 2.98. The van der Waals surface area contributed by atoms with Gasteiger partial charge in [0.1, 0.15) is 28.1 Å². The molecule has 116 valence electrons. The van der Waals surface area contributed by atoms with E-state index in [1.54, 1.807) is 18.2 Å². The zero-order chi connectivity index (χ0) is 16.4. The van der Waals surface area contributed by atoms with E-state index >= 15 is 0 Å². The Kier molecular flexibility index (Phi) is 4.16. The molecule has 0 aliphatic heterocycles. The number of thiazole rings is 1. The van der Waals surface area contributed by atoms with E-state index < -0.39 is 5.82 Å². The predicted molar refractivity (Wildman–Crippen MR) is 84.8 cm³/mol. The van der Waals surface area contributed by atoms with Gasteiger partial charge in [0.2, 0.25) is 0 Å². The largest absolute Gasteiger partial charge is 0.496 e. The molecule has 0 bridgehead atoms. The fourth-order valence-corrected chi connectivity index (χ4v) is 3.25. The van der Waals surface area contributed by atoms with Crippen molar-refractivity contribution in [3.05, 3.63) is 59.8 Å². The van der Waals surface area contributed by atoms with Crippen LogP contribution in [0.1, 0.15) is 10.5 Å². The van der Waals surface area contributed by atoms with Gasteiger partial charge in [-0.15, -0.1) is 11.3 Å². The Morgan fingerprint density at radius 3 is 2.43 bits per heavy atom. The summed E-state index contributed by atoms with van der Waals surface area (Å²) in [5.74, 6) is -0.440. The highest BCUT2D eigenvalue weighted by atomic mass is 32.1. The summed E-state index contributed by atoms with van der Waals surface area (Å²) in [6.07, 6.45) is 0.648. The lowest BCUT2D eigenvalue weighted by Gasteiger charge is -2.05. The number of aromatic nitrogens is 1. The molecule has 0 amide bonds. The van der Waals surface area contributed by atoms with E-state index in [4.69, 9.17) is 4.74 Å². The first kappa shape index (κ1) is 15.3. The number of hydrogen-bond acceptors (Lipinski definition) is 4. The van der Waals surface area contributed by atoms with E-state index in [0.717, 1.165) is 0 Å². The second-order valence-electron chi connectivity index (χ2n) is 4.70. The number of rotatable bonds is 4. The molecule has 0 spiro atoms. The van der Waals surface area contributed by atoms with Crippen molar-refractivity contribution in [2.75, 3.05) is 7.11 Å². The number of halogens is 2. The van der Waals surface area contributed by atoms with Crippen molar-refractivity contribution in [3.63, 3.8) is 0 Å². The quantitative estimate of drug-likeness (QED) is 0.657. The van der Waals surface area contributed by atoms with Crippen molar-refractivity contribution < 1.29 is 18.3 Å². The summed E-state index contributed by atoms with van der Waals surface area (Å²) in [7, 11) is 1.44. The van der Waals surface area contributed by atoms with Gasteiger partial charge < -0.3 is 4.74 Å². The minimum Gasteiger partial charge on any atom is -0.496 e. The maximum absolute atomic E-state index is 13.3. The summed E-state index contributed by atoms with van der Waals surface area (Å²) in [6, 6.07) is 9.93. The number of aldehydes is 1. The van der Waals surface area contributed by atoms with Crippen LogP contribution in [0.25, 0.3) is 21.0 Å². The Balaban J connectivity index is 2.13. The summed E-state index contributed by atoms with van der Waals surface area (Å²) in [4.78, 5) is 16.2. The summed E-state index contributed by atoms with van der Waals surface area (Å²) < 4.78 is 31.5. The van der Waals surface area contributed by atoms with Crippen molar-refractivity contribution in [3.8, 4) is 26.8 Å². The minimum atomic E-state index is -0.420. The molecule has 0 saturated carbocycles. The first-order chi connectivity index (χ1) is 11.1. The van der Waals surface area contributed by atoms with Crippen LogP contribution >= 0.6 is 11.3 Å². The van der Waals surface area contributed by atoms with Gasteiger partial charge >= 0.3 is 0 Å². The molecule has 0 N–H and O–H groups in total. The molecule has 1 heterocycles. The molecule has 0 saturated heterocycles. The van der Waals surface area contributed by atoms with Gasteiger partial charge in [0.25, 0.3) is 0 Å². The lowest BCUT2D eigenvalue weighted by atomic mass is 10.1. The van der Waals surface area contributed by atoms with Crippen LogP contribution in [-0.4, -0.2) is 18.4 Å². The van der Waals surface area contributed by atoms with Crippen molar-refractivity contribution in [1.29, 1.82) is 0 Å². The normalized spacial score (nSPS) is 10.6. The summed E-state index contributed by atoms with van der Waals surface area (Å²) in [6.45, 7) is 0. The molecular formula is C17H11F2NO2S. The van der Waals surface area contributed by atoms with Gasteiger partial charge in [0.05, 0.1) is 17.6 Å². The molecule has 3 rings (SSSR count). The van der Waals surface area contributed by atoms with Crippen LogP contribution in [0.15, 0.2) is 42.5 Å². The van der Waals surface area contributed by atoms with E-state index in [9.17, 15) is 13.6 Å². The maximum atomic E-state index is 13.3. The Morgan fingerprint density at radius 1 is 1.09 bits per heavy atom. The van der Waals surface area contributed by atoms with Gasteiger partial charge in [-0.3, -0.25) is 4.79 Å². The average Bonchev–Trinajstić information content (AvgIpc) is 2.99. The third-order valence-electron chi connectivity index (χ3n) is 3.27. The fourth-order valence-electron chi connectivity index (χ4n) is 2.18. The summed E-state index contributed by atoms with van der Waals surface area (Å²) in [5.41, 5.74) is 1.54. The number of nitrogens with zero attached hydrogens (tertiary/aromatic N) is 1. The SMILES string of the molecule is COc1cc(F)ccc1-c1nc(C=O)c(-c2ccc(F)cc2)s1. The van der Waals surface area contributed by atoms with E-state index in [-0.39, 0.29) is 11.5 Å². The first-order valence-electron chi connectivity index (χ1n) is 6.68. The number of hydrogen-bond donors (Lipinski definition) is 0. The van der Waals surface area contributed by atoms with E-state index in [1.165, 1.54) is 42.7 Å². The van der Waals surface area contributed by atoms with E-state index in [1.807, 2.05) is 0 Å². The van der Waals surface area contributed by atoms with Crippen LogP contribution in [0.4, 0.5) is 8.78 Å². The van der Waals surface area contributed by atoms with Crippen LogP contribution in [0, 0.1) is 11.6 Å². The topological polar surface area (TPSA) is 39.2 Å². The number of ether oxygens (including phenoxy) is 1. The number of methoxy groups -OCH3 is 1. The number of carbonyl (C=O) groups is 1. The number of benzene rings is 2. The number of carbonyl (C=O) groups excluding carboxylic acids is 1. The summed E-state index contributed by atoms with van der Waals surface area (Å²) in [5, 5.41) is 0.531. The molecule has 0 unspecified atom stereocenters. The van der Waals surface area contributed by atoms with Crippen LogP contribution in [0.2, 0.25) is 0 Å². The fraction of sp³-hybridized carbons (Fsp3) is 0.0588. The second-order valence-corrected chi connectivity index (χ2v) is 5.70. The van der Waals surface area contributed by atoms with Gasteiger partial charge in [0, 0.05) is 6.07 Å². The first-order valence-corrected chi connectivity index (χ1v) is 7.50. The molecule has 23 heavy (non-hydrogen) atoms. The molecule has 0 aliphatic rings. The Morgan fingerprint density at radius 2 is 1.78 bits per heavy atom. The highest BCUT2D eigenvalue weighted by Gasteiger charge is 2.17. The zero-order valence-electron chi connectivity index (χ0n) is 12.0. The highest BCUT2D eigenvalue weighted by molar-refractivity contribution is 7.18. The highest BCUT2D eigenvalue weighted by Crippen LogP contribution is 2.38. The van der Waals surface area contributed by atoms with Crippen LogP contribution < -0.4 is 4.74 Å². The van der Waals surface area contributed by atoms with Crippen LogP contribution in [0.5, 0.6) is 5.75 Å². The lowest BCUT2D eigenvalue weighted by Crippen LogP contribution is -1.89. The molecular weight excluding hydrogens is 320 g/mol. The molecule has 2 aromatic carbocycles. The molecule has 3 aromatic rings. The lowest BCUT2D eigenvalue weighted by molar-refractivity contribution is 0.112. The molecule has 6 heteroatoms. The standard InChI is InChI=1S/C17H11F2NO2S/c1-22-15-8-12(19)6-7-13(15)17-20-14(9-21)16(23-17)10-2-4-11(18)5-3-10/h2-9H,1H3. The molecule has 0 fully saturated rings. The monoisotopic (exact) mass is 331 g/mol. The van der Waals surface area contributed by atoms with E-state index in [2.05, 4.69) is 4.98 Å². The average molecular weight is 331 g/mol. The second kappa shape index (κ2) is 6.26. The molecule has 0 aliphatic carbocycles. The Bertz CT molecular complexity index is 860. The Hall–Kier alpha value is -2.60. The predicted octanol–water partition coefficient (Wildman–Crippen LogP) is 4.58. The third-order valence-corrected chi connectivity index (χ3v) is 4.42. The molecule has 0 radical (unpaired) electrons. The molecule has 3 nitrogen and oxygen atoms in total. The van der Waals surface area contributed by atoms with Gasteiger partial charge in [-0.1, -0.05) is 12.1 Å². The van der Waals surface area contributed by atoms with Crippen molar-refractivity contribution in [2.45, 2.75) is 0 Å². The van der Waals surface area contributed by atoms with Crippen LogP contribution in [0.3, 0.4) is 0 Å². The van der Waals surface area contributed by atoms with Gasteiger partial charge in [-0.2, -0.15) is 0 Å². The molecule has 0 atom stereocenters. The maximum Gasteiger partial charge on any atom is 0.169 e. The van der Waals surface area contributed by atoms with Crippen LogP contribution in [-0.2, 0) is 0 Å². The smallest absolute Gasteiger partial charge is 0.169 e. The van der Waals surface area contributed by atoms with Crippen molar-refractivity contribution in [2.24, 2.45) is 0 Å².